The zero-order chi connectivity index (χ0) is 10.0. The van der Waals surface area contributed by atoms with Gasteiger partial charge in [0.25, 0.3) is 0 Å². The molecule has 1 fully saturated rings. The highest BCUT2D eigenvalue weighted by atomic mass is 16.2. The van der Waals surface area contributed by atoms with E-state index in [2.05, 4.69) is 6.58 Å². The lowest BCUT2D eigenvalue weighted by Crippen LogP contribution is -2.30. The molecule has 2 atom stereocenters. The number of hydrogen-bond acceptors (Lipinski definition) is 2. The van der Waals surface area contributed by atoms with Crippen LogP contribution in [0, 0.1) is 11.8 Å². The van der Waals surface area contributed by atoms with Crippen LogP contribution in [0.15, 0.2) is 12.7 Å². The smallest absolute Gasteiger partial charge is 0.226 e. The molecule has 1 aliphatic carbocycles. The molecule has 72 valence electrons. The molecule has 0 saturated heterocycles. The third-order valence-corrected chi connectivity index (χ3v) is 2.25. The van der Waals surface area contributed by atoms with Gasteiger partial charge in [-0.1, -0.05) is 6.08 Å². The zero-order valence-electron chi connectivity index (χ0n) is 7.69. The van der Waals surface area contributed by atoms with Gasteiger partial charge in [0.15, 0.2) is 0 Å². The highest BCUT2D eigenvalue weighted by molar-refractivity contribution is 5.91. The molecule has 2 amide bonds. The first-order valence-corrected chi connectivity index (χ1v) is 4.23. The molecule has 4 nitrogen and oxygen atoms in total. The summed E-state index contributed by atoms with van der Waals surface area (Å²) in [6, 6.07) is 0. The van der Waals surface area contributed by atoms with Crippen LogP contribution in [0.4, 0.5) is 0 Å². The molecule has 0 bridgehead atoms. The summed E-state index contributed by atoms with van der Waals surface area (Å²) in [5, 5.41) is 0. The van der Waals surface area contributed by atoms with Gasteiger partial charge >= 0.3 is 0 Å². The summed E-state index contributed by atoms with van der Waals surface area (Å²) in [6.45, 7) is 4.05. The van der Waals surface area contributed by atoms with Gasteiger partial charge < -0.3 is 10.6 Å². The average molecular weight is 182 g/mol. The monoisotopic (exact) mass is 182 g/mol. The summed E-state index contributed by atoms with van der Waals surface area (Å²) >= 11 is 0. The fraction of sp³-hybridized carbons (Fsp3) is 0.556. The van der Waals surface area contributed by atoms with E-state index in [1.54, 1.807) is 18.0 Å². The van der Waals surface area contributed by atoms with Crippen molar-refractivity contribution in [3.8, 4) is 0 Å². The summed E-state index contributed by atoms with van der Waals surface area (Å²) in [6.07, 6.45) is 2.26. The van der Waals surface area contributed by atoms with Crippen molar-refractivity contribution in [2.24, 2.45) is 17.6 Å². The van der Waals surface area contributed by atoms with Crippen LogP contribution >= 0.6 is 0 Å². The van der Waals surface area contributed by atoms with Crippen LogP contribution in [0.25, 0.3) is 0 Å². The second-order valence-corrected chi connectivity index (χ2v) is 3.36. The summed E-state index contributed by atoms with van der Waals surface area (Å²) in [7, 11) is 1.69. The van der Waals surface area contributed by atoms with Crippen molar-refractivity contribution in [3.63, 3.8) is 0 Å². The Kier molecular flexibility index (Phi) is 2.70. The van der Waals surface area contributed by atoms with Gasteiger partial charge in [-0.3, -0.25) is 9.59 Å². The molecular weight excluding hydrogens is 168 g/mol. The van der Waals surface area contributed by atoms with Gasteiger partial charge in [0.1, 0.15) is 0 Å². The Morgan fingerprint density at radius 1 is 1.62 bits per heavy atom. The van der Waals surface area contributed by atoms with Crippen molar-refractivity contribution in [2.45, 2.75) is 6.42 Å². The first-order chi connectivity index (χ1) is 6.07. The number of rotatable bonds is 4. The van der Waals surface area contributed by atoms with E-state index in [-0.39, 0.29) is 23.7 Å². The summed E-state index contributed by atoms with van der Waals surface area (Å²) in [4.78, 5) is 23.7. The third-order valence-electron chi connectivity index (χ3n) is 2.25. The lowest BCUT2D eigenvalue weighted by Gasteiger charge is -2.13. The molecule has 0 unspecified atom stereocenters. The molecule has 0 heterocycles. The fourth-order valence-corrected chi connectivity index (χ4v) is 1.35. The standard InChI is InChI=1S/C9H14N2O2/c1-3-4-11(2)9(13)7-5-6(7)8(10)12/h3,6-7H,1,4-5H2,2H3,(H2,10,12)/t6-,7-/m1/s1. The van der Waals surface area contributed by atoms with E-state index in [1.807, 2.05) is 0 Å². The van der Waals surface area contributed by atoms with E-state index in [0.717, 1.165) is 0 Å². The number of likely N-dealkylation sites (N-methyl/N-ethyl adjacent to an activating group) is 1. The molecule has 4 heteroatoms. The number of nitrogens with two attached hydrogens (primary N) is 1. The number of primary amides is 1. The third kappa shape index (κ3) is 2.08. The summed E-state index contributed by atoms with van der Waals surface area (Å²) in [5.41, 5.74) is 5.07. The number of carbonyl (C=O) groups is 2. The Bertz CT molecular complexity index is 250. The Balaban J connectivity index is 2.43. The maximum atomic E-state index is 11.5. The van der Waals surface area contributed by atoms with Crippen LogP contribution in [0.2, 0.25) is 0 Å². The highest BCUT2D eigenvalue weighted by Crippen LogP contribution is 2.39. The topological polar surface area (TPSA) is 63.4 Å². The van der Waals surface area contributed by atoms with E-state index < -0.39 is 0 Å². The minimum atomic E-state index is -0.370. The maximum absolute atomic E-state index is 11.5. The second-order valence-electron chi connectivity index (χ2n) is 3.36. The molecule has 1 aliphatic rings. The number of carbonyl (C=O) groups excluding carboxylic acids is 2. The molecular formula is C9H14N2O2. The molecule has 0 spiro atoms. The molecule has 1 saturated carbocycles. The molecule has 0 aromatic rings. The predicted octanol–water partition coefficient (Wildman–Crippen LogP) is -0.248. The summed E-state index contributed by atoms with van der Waals surface area (Å²) < 4.78 is 0. The van der Waals surface area contributed by atoms with Crippen LogP contribution in [0.5, 0.6) is 0 Å². The van der Waals surface area contributed by atoms with Gasteiger partial charge in [-0.25, -0.2) is 0 Å². The van der Waals surface area contributed by atoms with Crippen LogP contribution in [-0.4, -0.2) is 30.3 Å². The van der Waals surface area contributed by atoms with Crippen molar-refractivity contribution < 1.29 is 9.59 Å². The summed E-state index contributed by atoms with van der Waals surface area (Å²) in [5.74, 6) is -0.795. The lowest BCUT2D eigenvalue weighted by molar-refractivity contribution is -0.132. The van der Waals surface area contributed by atoms with E-state index >= 15 is 0 Å². The van der Waals surface area contributed by atoms with Crippen molar-refractivity contribution >= 4 is 11.8 Å². The van der Waals surface area contributed by atoms with E-state index in [4.69, 9.17) is 5.73 Å². The fourth-order valence-electron chi connectivity index (χ4n) is 1.35. The van der Waals surface area contributed by atoms with Crippen molar-refractivity contribution in [1.29, 1.82) is 0 Å². The molecule has 2 N–H and O–H groups in total. The molecule has 0 aromatic carbocycles. The van der Waals surface area contributed by atoms with Crippen molar-refractivity contribution in [3.05, 3.63) is 12.7 Å². The number of nitrogens with zero attached hydrogens (tertiary/aromatic N) is 1. The van der Waals surface area contributed by atoms with Crippen LogP contribution in [-0.2, 0) is 9.59 Å². The highest BCUT2D eigenvalue weighted by Gasteiger charge is 2.47. The van der Waals surface area contributed by atoms with E-state index in [9.17, 15) is 9.59 Å². The molecule has 0 aliphatic heterocycles. The van der Waals surface area contributed by atoms with E-state index in [1.165, 1.54) is 0 Å². The van der Waals surface area contributed by atoms with Gasteiger partial charge in [0.2, 0.25) is 11.8 Å². The maximum Gasteiger partial charge on any atom is 0.226 e. The second kappa shape index (κ2) is 3.60. The Labute approximate surface area is 77.4 Å². The molecule has 13 heavy (non-hydrogen) atoms. The minimum Gasteiger partial charge on any atom is -0.369 e. The molecule has 0 radical (unpaired) electrons. The van der Waals surface area contributed by atoms with Crippen LogP contribution < -0.4 is 5.73 Å². The Morgan fingerprint density at radius 2 is 2.23 bits per heavy atom. The first-order valence-electron chi connectivity index (χ1n) is 4.23. The molecule has 0 aromatic heterocycles. The van der Waals surface area contributed by atoms with Crippen molar-refractivity contribution in [2.75, 3.05) is 13.6 Å². The zero-order valence-corrected chi connectivity index (χ0v) is 7.69. The largest absolute Gasteiger partial charge is 0.369 e. The quantitative estimate of drug-likeness (QED) is 0.609. The van der Waals surface area contributed by atoms with Gasteiger partial charge in [-0.15, -0.1) is 6.58 Å². The van der Waals surface area contributed by atoms with Gasteiger partial charge in [0, 0.05) is 13.6 Å². The van der Waals surface area contributed by atoms with Gasteiger partial charge in [-0.2, -0.15) is 0 Å². The average Bonchev–Trinajstić information content (AvgIpc) is 2.82. The lowest BCUT2D eigenvalue weighted by atomic mass is 10.2. The van der Waals surface area contributed by atoms with Gasteiger partial charge in [-0.05, 0) is 6.42 Å². The van der Waals surface area contributed by atoms with Gasteiger partial charge in [0.05, 0.1) is 11.8 Å². The van der Waals surface area contributed by atoms with Crippen LogP contribution in [0.1, 0.15) is 6.42 Å². The SMILES string of the molecule is C=CCN(C)C(=O)[C@@H]1C[C@H]1C(N)=O. The predicted molar refractivity (Wildman–Crippen MR) is 48.6 cm³/mol. The first kappa shape index (κ1) is 9.77. The minimum absolute atomic E-state index is 0.0105. The Morgan fingerprint density at radius 3 is 2.62 bits per heavy atom. The van der Waals surface area contributed by atoms with Crippen LogP contribution in [0.3, 0.4) is 0 Å². The Hall–Kier alpha value is -1.32. The normalized spacial score (nSPS) is 25.0. The number of hydrogen-bond donors (Lipinski definition) is 1. The number of amides is 2. The van der Waals surface area contributed by atoms with Crippen molar-refractivity contribution in [1.82, 2.24) is 4.90 Å². The van der Waals surface area contributed by atoms with E-state index in [0.29, 0.717) is 13.0 Å². The molecule has 1 rings (SSSR count).